The van der Waals surface area contributed by atoms with Crippen molar-refractivity contribution in [2.75, 3.05) is 13.2 Å². The molecule has 468 valence electrons. The minimum atomic E-state index is -0.777. The standard InChI is InChI=1S/C74H136O6/c1-4-7-10-13-16-19-22-25-28-31-34-36-37-39-40-43-46-49-52-55-58-61-64-67-73(76)79-70-71(69-78-72(75)66-63-60-57-54-51-48-45-42-33-30-27-24-21-18-15-12-9-6-3)80-74(77)68-65-62-59-56-53-50-47-44-41-38-35-32-29-26-23-20-17-14-11-8-5-2/h22,25,31-32,34-35,37,39,71H,4-21,23-24,26-30,33,36,38,40-70H2,1-3H3/b25-22-,34-31-,35-32-,39-37-. The summed E-state index contributed by atoms with van der Waals surface area (Å²) in [6, 6.07) is 0. The van der Waals surface area contributed by atoms with Crippen molar-refractivity contribution in [3.63, 3.8) is 0 Å². The average molecular weight is 1120 g/mol. The van der Waals surface area contributed by atoms with E-state index in [9.17, 15) is 14.4 Å². The maximum Gasteiger partial charge on any atom is 0.306 e. The lowest BCUT2D eigenvalue weighted by Gasteiger charge is -2.18. The molecule has 6 nitrogen and oxygen atoms in total. The van der Waals surface area contributed by atoms with Crippen LogP contribution in [0, 0.1) is 0 Å². The first kappa shape index (κ1) is 77.4. The Kier molecular flexibility index (Phi) is 66.6. The van der Waals surface area contributed by atoms with Crippen molar-refractivity contribution in [2.24, 2.45) is 0 Å². The zero-order valence-electron chi connectivity index (χ0n) is 53.9. The van der Waals surface area contributed by atoms with E-state index in [-0.39, 0.29) is 31.1 Å². The zero-order chi connectivity index (χ0) is 57.8. The van der Waals surface area contributed by atoms with E-state index in [1.54, 1.807) is 0 Å². The van der Waals surface area contributed by atoms with Gasteiger partial charge in [0.2, 0.25) is 0 Å². The topological polar surface area (TPSA) is 78.9 Å². The van der Waals surface area contributed by atoms with Gasteiger partial charge in [-0.05, 0) is 83.5 Å². The lowest BCUT2D eigenvalue weighted by molar-refractivity contribution is -0.167. The Balaban J connectivity index is 4.34. The number of esters is 3. The third-order valence-electron chi connectivity index (χ3n) is 16.1. The van der Waals surface area contributed by atoms with Crippen LogP contribution in [0.15, 0.2) is 48.6 Å². The molecule has 0 saturated heterocycles. The van der Waals surface area contributed by atoms with Gasteiger partial charge in [0, 0.05) is 19.3 Å². The molecule has 80 heavy (non-hydrogen) atoms. The summed E-state index contributed by atoms with van der Waals surface area (Å²) in [6.45, 7) is 6.69. The van der Waals surface area contributed by atoms with Gasteiger partial charge in [-0.15, -0.1) is 0 Å². The lowest BCUT2D eigenvalue weighted by atomic mass is 10.0. The number of ether oxygens (including phenoxy) is 3. The number of carbonyl (C=O) groups excluding carboxylic acids is 3. The summed E-state index contributed by atoms with van der Waals surface area (Å²) in [5.74, 6) is -0.854. The predicted octanol–water partition coefficient (Wildman–Crippen LogP) is 24.5. The van der Waals surface area contributed by atoms with Gasteiger partial charge in [0.25, 0.3) is 0 Å². The van der Waals surface area contributed by atoms with Gasteiger partial charge in [-0.2, -0.15) is 0 Å². The average Bonchev–Trinajstić information content (AvgIpc) is 3.46. The molecule has 6 heteroatoms. The molecule has 0 aliphatic rings. The monoisotopic (exact) mass is 1120 g/mol. The van der Waals surface area contributed by atoms with Crippen molar-refractivity contribution in [3.05, 3.63) is 48.6 Å². The van der Waals surface area contributed by atoms with E-state index in [4.69, 9.17) is 14.2 Å². The molecule has 0 fully saturated rings. The van der Waals surface area contributed by atoms with E-state index < -0.39 is 6.10 Å². The van der Waals surface area contributed by atoms with Crippen molar-refractivity contribution in [2.45, 2.75) is 393 Å². The van der Waals surface area contributed by atoms with Crippen molar-refractivity contribution in [1.82, 2.24) is 0 Å². The molecule has 1 atom stereocenters. The Labute approximate surface area is 498 Å². The van der Waals surface area contributed by atoms with Gasteiger partial charge < -0.3 is 14.2 Å². The van der Waals surface area contributed by atoms with Gasteiger partial charge in [-0.25, -0.2) is 0 Å². The van der Waals surface area contributed by atoms with E-state index in [0.29, 0.717) is 19.3 Å². The second kappa shape index (κ2) is 68.9. The summed E-state index contributed by atoms with van der Waals surface area (Å²) < 4.78 is 17.0. The highest BCUT2D eigenvalue weighted by Gasteiger charge is 2.19. The molecule has 0 aromatic carbocycles. The van der Waals surface area contributed by atoms with Gasteiger partial charge >= 0.3 is 17.9 Å². The Bertz CT molecular complexity index is 1380. The van der Waals surface area contributed by atoms with Gasteiger partial charge in [-0.1, -0.05) is 333 Å². The highest BCUT2D eigenvalue weighted by molar-refractivity contribution is 5.71. The highest BCUT2D eigenvalue weighted by atomic mass is 16.6. The normalized spacial score (nSPS) is 12.3. The van der Waals surface area contributed by atoms with Crippen LogP contribution in [0.3, 0.4) is 0 Å². The summed E-state index contributed by atoms with van der Waals surface area (Å²) in [7, 11) is 0. The van der Waals surface area contributed by atoms with E-state index in [2.05, 4.69) is 69.4 Å². The fourth-order valence-corrected chi connectivity index (χ4v) is 10.7. The van der Waals surface area contributed by atoms with Crippen LogP contribution in [0.5, 0.6) is 0 Å². The van der Waals surface area contributed by atoms with Crippen molar-refractivity contribution >= 4 is 17.9 Å². The number of allylic oxidation sites excluding steroid dienone is 8. The third kappa shape index (κ3) is 66.2. The van der Waals surface area contributed by atoms with E-state index in [1.165, 1.54) is 270 Å². The molecule has 0 N–H and O–H groups in total. The summed E-state index contributed by atoms with van der Waals surface area (Å²) in [6.07, 6.45) is 87.0. The first-order valence-electron chi connectivity index (χ1n) is 35.6. The summed E-state index contributed by atoms with van der Waals surface area (Å²) in [5.41, 5.74) is 0. The Morgan fingerprint density at radius 1 is 0.250 bits per heavy atom. The first-order valence-corrected chi connectivity index (χ1v) is 35.6. The van der Waals surface area contributed by atoms with Crippen molar-refractivity contribution in [3.8, 4) is 0 Å². The van der Waals surface area contributed by atoms with Crippen LogP contribution in [-0.4, -0.2) is 37.2 Å². The summed E-state index contributed by atoms with van der Waals surface area (Å²) in [4.78, 5) is 38.5. The second-order valence-corrected chi connectivity index (χ2v) is 24.1. The molecule has 0 bridgehead atoms. The molecule has 0 aromatic rings. The molecule has 0 aliphatic carbocycles. The maximum absolute atomic E-state index is 13.0. The Hall–Kier alpha value is -2.63. The first-order chi connectivity index (χ1) is 39.5. The highest BCUT2D eigenvalue weighted by Crippen LogP contribution is 2.18. The van der Waals surface area contributed by atoms with E-state index in [1.807, 2.05) is 0 Å². The Morgan fingerprint density at radius 3 is 0.713 bits per heavy atom. The quantitative estimate of drug-likeness (QED) is 0.0261. The molecule has 1 unspecified atom stereocenters. The molecule has 0 aliphatic heterocycles. The van der Waals surface area contributed by atoms with Crippen LogP contribution >= 0.6 is 0 Å². The van der Waals surface area contributed by atoms with Crippen LogP contribution in [-0.2, 0) is 28.6 Å². The molecule has 0 radical (unpaired) electrons. The van der Waals surface area contributed by atoms with E-state index >= 15 is 0 Å². The number of hydrogen-bond donors (Lipinski definition) is 0. The molecular formula is C74H136O6. The van der Waals surface area contributed by atoms with Crippen LogP contribution in [0.1, 0.15) is 387 Å². The molecular weight excluding hydrogens is 985 g/mol. The van der Waals surface area contributed by atoms with Crippen LogP contribution in [0.4, 0.5) is 0 Å². The van der Waals surface area contributed by atoms with E-state index in [0.717, 1.165) is 77.0 Å². The summed E-state index contributed by atoms with van der Waals surface area (Å²) in [5, 5.41) is 0. The number of carbonyl (C=O) groups is 3. The van der Waals surface area contributed by atoms with Gasteiger partial charge in [-0.3, -0.25) is 14.4 Å². The minimum absolute atomic E-state index is 0.0719. The molecule has 0 amide bonds. The third-order valence-corrected chi connectivity index (χ3v) is 16.1. The van der Waals surface area contributed by atoms with Gasteiger partial charge in [0.1, 0.15) is 13.2 Å². The molecule has 0 aromatic heterocycles. The van der Waals surface area contributed by atoms with Crippen molar-refractivity contribution < 1.29 is 28.6 Å². The molecule has 0 heterocycles. The lowest BCUT2D eigenvalue weighted by Crippen LogP contribution is -2.30. The molecule has 0 spiro atoms. The molecule has 0 saturated carbocycles. The number of hydrogen-bond acceptors (Lipinski definition) is 6. The fourth-order valence-electron chi connectivity index (χ4n) is 10.7. The predicted molar refractivity (Wildman–Crippen MR) is 349 cm³/mol. The van der Waals surface area contributed by atoms with Gasteiger partial charge in [0.05, 0.1) is 0 Å². The SMILES string of the molecule is CCCCCCC/C=C\C/C=C\C/C=C\CCCCCCCCCCC(=O)OCC(COC(=O)CCCCCCCCCCCCCCCCCCCC)OC(=O)CCCCCCCCCCC/C=C\CCCCCCCCCC. The van der Waals surface area contributed by atoms with Crippen LogP contribution < -0.4 is 0 Å². The van der Waals surface area contributed by atoms with Crippen LogP contribution in [0.25, 0.3) is 0 Å². The van der Waals surface area contributed by atoms with Crippen LogP contribution in [0.2, 0.25) is 0 Å². The number of unbranched alkanes of at least 4 members (excludes halogenated alkanes) is 47. The zero-order valence-corrected chi connectivity index (χ0v) is 53.9. The Morgan fingerprint density at radius 2 is 0.450 bits per heavy atom. The fraction of sp³-hybridized carbons (Fsp3) is 0.851. The van der Waals surface area contributed by atoms with Gasteiger partial charge in [0.15, 0.2) is 6.10 Å². The number of rotatable bonds is 66. The summed E-state index contributed by atoms with van der Waals surface area (Å²) >= 11 is 0. The second-order valence-electron chi connectivity index (χ2n) is 24.1. The minimum Gasteiger partial charge on any atom is -0.462 e. The smallest absolute Gasteiger partial charge is 0.306 e. The maximum atomic E-state index is 13.0. The van der Waals surface area contributed by atoms with Crippen molar-refractivity contribution in [1.29, 1.82) is 0 Å². The largest absolute Gasteiger partial charge is 0.462 e. The molecule has 0 rings (SSSR count).